The molecule has 1 aliphatic rings. The van der Waals surface area contributed by atoms with Crippen molar-refractivity contribution in [2.24, 2.45) is 0 Å². The number of para-hydroxylation sites is 1. The number of nitrogens with zero attached hydrogens (tertiary/aromatic N) is 2. The Morgan fingerprint density at radius 3 is 2.56 bits per heavy atom. The van der Waals surface area contributed by atoms with Crippen LogP contribution >= 0.6 is 0 Å². The Morgan fingerprint density at radius 1 is 1.07 bits per heavy atom. The first kappa shape index (κ1) is 18.9. The fourth-order valence-electron chi connectivity index (χ4n) is 3.31. The lowest BCUT2D eigenvalue weighted by Crippen LogP contribution is -2.39. The second-order valence-corrected chi connectivity index (χ2v) is 6.73. The lowest BCUT2D eigenvalue weighted by molar-refractivity contribution is 0.244. The molecule has 2 amide bonds. The van der Waals surface area contributed by atoms with E-state index in [4.69, 9.17) is 4.74 Å². The van der Waals surface area contributed by atoms with E-state index in [1.54, 1.807) is 13.2 Å². The van der Waals surface area contributed by atoms with Gasteiger partial charge in [-0.2, -0.15) is 0 Å². The van der Waals surface area contributed by atoms with Crippen LogP contribution in [0.4, 0.5) is 16.4 Å². The zero-order valence-electron chi connectivity index (χ0n) is 15.7. The Balaban J connectivity index is 1.43. The number of hydrogen-bond acceptors (Lipinski definition) is 5. The van der Waals surface area contributed by atoms with E-state index in [0.717, 1.165) is 30.6 Å². The van der Waals surface area contributed by atoms with Gasteiger partial charge in [0.25, 0.3) is 0 Å². The smallest absolute Gasteiger partial charge is 0.320 e. The monoisotopic (exact) mass is 369 g/mol. The number of carbonyl (C=O) groups is 1. The summed E-state index contributed by atoms with van der Waals surface area (Å²) in [4.78, 5) is 12.0. The molecule has 0 spiro atoms. The average molecular weight is 369 g/mol. The van der Waals surface area contributed by atoms with Crippen molar-refractivity contribution in [1.29, 1.82) is 0 Å². The van der Waals surface area contributed by atoms with Gasteiger partial charge in [0.15, 0.2) is 5.82 Å². The predicted octanol–water partition coefficient (Wildman–Crippen LogP) is 3.59. The van der Waals surface area contributed by atoms with Crippen LogP contribution in [0.1, 0.15) is 37.7 Å². The molecule has 0 unspecified atom stereocenters. The summed E-state index contributed by atoms with van der Waals surface area (Å²) in [6.07, 6.45) is 6.54. The van der Waals surface area contributed by atoms with Crippen LogP contribution in [0.3, 0.4) is 0 Å². The highest BCUT2D eigenvalue weighted by molar-refractivity contribution is 5.88. The van der Waals surface area contributed by atoms with Crippen molar-refractivity contribution < 1.29 is 9.53 Å². The molecule has 0 saturated heterocycles. The molecule has 1 heterocycles. The summed E-state index contributed by atoms with van der Waals surface area (Å²) < 4.78 is 5.35. The van der Waals surface area contributed by atoms with E-state index in [9.17, 15) is 4.79 Å². The molecule has 7 heteroatoms. The number of anilines is 2. The third-order valence-corrected chi connectivity index (χ3v) is 4.74. The summed E-state index contributed by atoms with van der Waals surface area (Å²) in [7, 11) is 1.67. The fraction of sp³-hybridized carbons (Fsp3) is 0.450. The van der Waals surface area contributed by atoms with Crippen LogP contribution in [0.25, 0.3) is 0 Å². The molecule has 7 nitrogen and oxygen atoms in total. The Hall–Kier alpha value is -2.83. The predicted molar refractivity (Wildman–Crippen MR) is 106 cm³/mol. The highest BCUT2D eigenvalue weighted by Gasteiger charge is 2.15. The molecular weight excluding hydrogens is 342 g/mol. The van der Waals surface area contributed by atoms with Crippen LogP contribution < -0.4 is 20.7 Å². The Bertz CT molecular complexity index is 729. The molecule has 1 aromatic heterocycles. The Morgan fingerprint density at radius 2 is 1.81 bits per heavy atom. The quantitative estimate of drug-likeness (QED) is 0.694. The maximum Gasteiger partial charge on any atom is 0.320 e. The van der Waals surface area contributed by atoms with Crippen molar-refractivity contribution in [3.8, 4) is 5.75 Å². The number of methoxy groups -OCH3 is 1. The fourth-order valence-corrected chi connectivity index (χ4v) is 3.31. The van der Waals surface area contributed by atoms with Gasteiger partial charge in [-0.3, -0.25) is 5.32 Å². The number of carbonyl (C=O) groups excluding carboxylic acids is 1. The van der Waals surface area contributed by atoms with Gasteiger partial charge in [-0.15, -0.1) is 10.2 Å². The number of benzene rings is 1. The summed E-state index contributed by atoms with van der Waals surface area (Å²) in [5.74, 6) is 2.00. The van der Waals surface area contributed by atoms with Gasteiger partial charge in [-0.05, 0) is 43.0 Å². The number of nitrogens with one attached hydrogen (secondary N) is 3. The molecule has 27 heavy (non-hydrogen) atoms. The lowest BCUT2D eigenvalue weighted by atomic mass is 9.96. The Labute approximate surface area is 159 Å². The van der Waals surface area contributed by atoms with Gasteiger partial charge in [0.1, 0.15) is 11.6 Å². The zero-order chi connectivity index (χ0) is 18.9. The molecule has 3 rings (SSSR count). The van der Waals surface area contributed by atoms with E-state index in [1.165, 1.54) is 19.3 Å². The standard InChI is InChI=1S/C20H27N5O2/c1-27-17-10-6-5-7-15(17)13-14-21-18-11-12-19(25-24-18)23-20(26)22-16-8-3-2-4-9-16/h5-7,10-12,16H,2-4,8-9,13-14H2,1H3,(H,21,24)(H2,22,23,25,26). The minimum atomic E-state index is -0.215. The van der Waals surface area contributed by atoms with Crippen LogP contribution in [0.2, 0.25) is 0 Å². The molecule has 3 N–H and O–H groups in total. The third-order valence-electron chi connectivity index (χ3n) is 4.74. The molecule has 144 valence electrons. The molecule has 1 aromatic carbocycles. The molecule has 1 aliphatic carbocycles. The highest BCUT2D eigenvalue weighted by Crippen LogP contribution is 2.18. The van der Waals surface area contributed by atoms with Crippen LogP contribution in [0.15, 0.2) is 36.4 Å². The van der Waals surface area contributed by atoms with Crippen LogP contribution in [0.5, 0.6) is 5.75 Å². The van der Waals surface area contributed by atoms with Gasteiger partial charge >= 0.3 is 6.03 Å². The van der Waals surface area contributed by atoms with E-state index in [1.807, 2.05) is 30.3 Å². The molecule has 2 aromatic rings. The summed E-state index contributed by atoms with van der Waals surface area (Å²) in [5, 5.41) is 17.2. The zero-order valence-corrected chi connectivity index (χ0v) is 15.7. The van der Waals surface area contributed by atoms with Crippen LogP contribution in [0, 0.1) is 0 Å². The van der Waals surface area contributed by atoms with E-state index in [2.05, 4.69) is 26.1 Å². The van der Waals surface area contributed by atoms with E-state index in [-0.39, 0.29) is 12.1 Å². The van der Waals surface area contributed by atoms with Crippen molar-refractivity contribution in [2.75, 3.05) is 24.3 Å². The first-order chi connectivity index (χ1) is 13.2. The number of aromatic nitrogens is 2. The minimum Gasteiger partial charge on any atom is -0.496 e. The second kappa shape index (κ2) is 9.75. The summed E-state index contributed by atoms with van der Waals surface area (Å²) >= 11 is 0. The maximum absolute atomic E-state index is 12.0. The molecule has 1 saturated carbocycles. The van der Waals surface area contributed by atoms with Crippen molar-refractivity contribution in [1.82, 2.24) is 15.5 Å². The normalized spacial score (nSPS) is 14.4. The van der Waals surface area contributed by atoms with Gasteiger partial charge in [0.2, 0.25) is 0 Å². The van der Waals surface area contributed by atoms with Gasteiger partial charge in [-0.25, -0.2) is 4.79 Å². The van der Waals surface area contributed by atoms with E-state index < -0.39 is 0 Å². The summed E-state index contributed by atoms with van der Waals surface area (Å²) in [6, 6.07) is 11.6. The van der Waals surface area contributed by atoms with Gasteiger partial charge < -0.3 is 15.4 Å². The number of urea groups is 1. The number of amides is 2. The largest absolute Gasteiger partial charge is 0.496 e. The number of ether oxygens (including phenoxy) is 1. The van der Waals surface area contributed by atoms with Gasteiger partial charge in [0, 0.05) is 12.6 Å². The lowest BCUT2D eigenvalue weighted by Gasteiger charge is -2.22. The molecule has 0 bridgehead atoms. The van der Waals surface area contributed by atoms with Gasteiger partial charge in [-0.1, -0.05) is 37.5 Å². The number of hydrogen-bond donors (Lipinski definition) is 3. The second-order valence-electron chi connectivity index (χ2n) is 6.73. The van der Waals surface area contributed by atoms with Crippen molar-refractivity contribution >= 4 is 17.7 Å². The molecule has 0 radical (unpaired) electrons. The SMILES string of the molecule is COc1ccccc1CCNc1ccc(NC(=O)NC2CCCCC2)nn1. The first-order valence-corrected chi connectivity index (χ1v) is 9.51. The van der Waals surface area contributed by atoms with E-state index in [0.29, 0.717) is 18.2 Å². The van der Waals surface area contributed by atoms with Crippen LogP contribution in [-0.2, 0) is 6.42 Å². The molecular formula is C20H27N5O2. The van der Waals surface area contributed by atoms with Crippen LogP contribution in [-0.4, -0.2) is 35.9 Å². The minimum absolute atomic E-state index is 0.215. The van der Waals surface area contributed by atoms with E-state index >= 15 is 0 Å². The molecule has 1 fully saturated rings. The summed E-state index contributed by atoms with van der Waals surface area (Å²) in [5.41, 5.74) is 1.14. The van der Waals surface area contributed by atoms with Crippen molar-refractivity contribution in [3.63, 3.8) is 0 Å². The summed E-state index contributed by atoms with van der Waals surface area (Å²) in [6.45, 7) is 0.712. The number of rotatable bonds is 7. The highest BCUT2D eigenvalue weighted by atomic mass is 16.5. The molecule has 0 aliphatic heterocycles. The molecule has 0 atom stereocenters. The maximum atomic E-state index is 12.0. The average Bonchev–Trinajstić information content (AvgIpc) is 2.70. The Kier molecular flexibility index (Phi) is 6.84. The van der Waals surface area contributed by atoms with Crippen molar-refractivity contribution in [2.45, 2.75) is 44.6 Å². The van der Waals surface area contributed by atoms with Crippen molar-refractivity contribution in [3.05, 3.63) is 42.0 Å². The topological polar surface area (TPSA) is 88.2 Å². The third kappa shape index (κ3) is 5.84. The van der Waals surface area contributed by atoms with Gasteiger partial charge in [0.05, 0.1) is 7.11 Å². The first-order valence-electron chi connectivity index (χ1n) is 9.51.